The van der Waals surface area contributed by atoms with Crippen molar-refractivity contribution in [1.82, 2.24) is 10.1 Å². The Morgan fingerprint density at radius 2 is 2.33 bits per heavy atom. The number of hydrogen-bond donors (Lipinski definition) is 0. The van der Waals surface area contributed by atoms with E-state index in [2.05, 4.69) is 24.0 Å². The Bertz CT molecular complexity index is 237. The molecule has 0 aliphatic rings. The van der Waals surface area contributed by atoms with Gasteiger partial charge in [0.25, 0.3) is 0 Å². The van der Waals surface area contributed by atoms with Gasteiger partial charge in [0, 0.05) is 18.2 Å². The maximum absolute atomic E-state index is 5.53. The number of alkyl halides is 1. The van der Waals surface area contributed by atoms with Crippen molar-refractivity contribution < 1.29 is 4.52 Å². The fourth-order valence-electron chi connectivity index (χ4n) is 0.833. The zero-order chi connectivity index (χ0) is 8.97. The van der Waals surface area contributed by atoms with Crippen LogP contribution in [0, 0.1) is 0 Å². The third-order valence-electron chi connectivity index (χ3n) is 1.85. The average molecular weight is 189 g/mol. The van der Waals surface area contributed by atoms with Gasteiger partial charge in [0.05, 0.1) is 0 Å². The van der Waals surface area contributed by atoms with Crippen LogP contribution in [0.1, 0.15) is 37.9 Å². The highest BCUT2D eigenvalue weighted by Gasteiger charge is 2.10. The van der Waals surface area contributed by atoms with Crippen molar-refractivity contribution in [2.24, 2.45) is 0 Å². The lowest BCUT2D eigenvalue weighted by Crippen LogP contribution is -1.94. The summed E-state index contributed by atoms with van der Waals surface area (Å²) in [6.45, 7) is 4.18. The van der Waals surface area contributed by atoms with Gasteiger partial charge < -0.3 is 4.52 Å². The summed E-state index contributed by atoms with van der Waals surface area (Å²) >= 11 is 5.53. The molecule has 1 rings (SSSR count). The van der Waals surface area contributed by atoms with Crippen molar-refractivity contribution in [2.75, 3.05) is 5.88 Å². The van der Waals surface area contributed by atoms with E-state index in [1.54, 1.807) is 0 Å². The molecule has 1 unspecified atom stereocenters. The molecular formula is C8H13ClN2O. The minimum Gasteiger partial charge on any atom is -0.339 e. The van der Waals surface area contributed by atoms with Crippen LogP contribution in [0.15, 0.2) is 4.52 Å². The summed E-state index contributed by atoms with van der Waals surface area (Å²) in [5.74, 6) is 2.33. The topological polar surface area (TPSA) is 38.9 Å². The third-order valence-corrected chi connectivity index (χ3v) is 2.03. The van der Waals surface area contributed by atoms with Gasteiger partial charge in [-0.25, -0.2) is 0 Å². The molecule has 0 bridgehead atoms. The number of nitrogens with zero attached hydrogens (tertiary/aromatic N) is 2. The largest absolute Gasteiger partial charge is 0.339 e. The van der Waals surface area contributed by atoms with Crippen LogP contribution in [0.2, 0.25) is 0 Å². The first-order valence-corrected chi connectivity index (χ1v) is 4.69. The minimum atomic E-state index is 0.373. The van der Waals surface area contributed by atoms with Gasteiger partial charge in [-0.05, 0) is 6.42 Å². The number of aryl methyl sites for hydroxylation is 1. The highest BCUT2D eigenvalue weighted by molar-refractivity contribution is 6.17. The van der Waals surface area contributed by atoms with E-state index in [4.69, 9.17) is 16.1 Å². The Kier molecular flexibility index (Phi) is 3.53. The second kappa shape index (κ2) is 4.45. The number of hydrogen-bond acceptors (Lipinski definition) is 3. The van der Waals surface area contributed by atoms with Crippen molar-refractivity contribution in [2.45, 2.75) is 32.6 Å². The lowest BCUT2D eigenvalue weighted by Gasteiger charge is -1.98. The van der Waals surface area contributed by atoms with Crippen LogP contribution in [0.5, 0.6) is 0 Å². The van der Waals surface area contributed by atoms with Crippen molar-refractivity contribution in [1.29, 1.82) is 0 Å². The first-order valence-electron chi connectivity index (χ1n) is 4.16. The van der Waals surface area contributed by atoms with Gasteiger partial charge in [-0.15, -0.1) is 11.6 Å². The van der Waals surface area contributed by atoms with Crippen molar-refractivity contribution in [3.05, 3.63) is 11.7 Å². The molecule has 0 spiro atoms. The van der Waals surface area contributed by atoms with Crippen molar-refractivity contribution >= 4 is 11.6 Å². The monoisotopic (exact) mass is 188 g/mol. The van der Waals surface area contributed by atoms with E-state index in [1.807, 2.05) is 0 Å². The molecule has 0 radical (unpaired) electrons. The van der Waals surface area contributed by atoms with Gasteiger partial charge in [0.15, 0.2) is 5.82 Å². The van der Waals surface area contributed by atoms with Gasteiger partial charge >= 0.3 is 0 Å². The zero-order valence-corrected chi connectivity index (χ0v) is 8.14. The molecule has 1 atom stereocenters. The Morgan fingerprint density at radius 1 is 1.58 bits per heavy atom. The lowest BCUT2D eigenvalue weighted by atomic mass is 10.1. The maximum Gasteiger partial charge on any atom is 0.227 e. The second-order valence-electron chi connectivity index (χ2n) is 2.79. The highest BCUT2D eigenvalue weighted by atomic mass is 35.5. The summed E-state index contributed by atoms with van der Waals surface area (Å²) < 4.78 is 4.98. The molecule has 1 heterocycles. The van der Waals surface area contributed by atoms with Gasteiger partial charge in [-0.3, -0.25) is 0 Å². The van der Waals surface area contributed by atoms with Gasteiger partial charge in [-0.2, -0.15) is 4.98 Å². The molecule has 0 fully saturated rings. The molecule has 0 saturated heterocycles. The zero-order valence-electron chi connectivity index (χ0n) is 7.38. The standard InChI is InChI=1S/C8H13ClN2O/c1-3-6(2)8-10-7(4-5-9)12-11-8/h6H,3-5H2,1-2H3. The summed E-state index contributed by atoms with van der Waals surface area (Å²) in [6.07, 6.45) is 1.69. The summed E-state index contributed by atoms with van der Waals surface area (Å²) in [6, 6.07) is 0. The summed E-state index contributed by atoms with van der Waals surface area (Å²) in [7, 11) is 0. The van der Waals surface area contributed by atoms with E-state index >= 15 is 0 Å². The molecule has 0 aliphatic carbocycles. The molecule has 1 aromatic rings. The van der Waals surface area contributed by atoms with Gasteiger partial charge in [-0.1, -0.05) is 19.0 Å². The number of rotatable bonds is 4. The first-order chi connectivity index (χ1) is 5.77. The first kappa shape index (κ1) is 9.52. The maximum atomic E-state index is 5.53. The van der Waals surface area contributed by atoms with Crippen LogP contribution < -0.4 is 0 Å². The SMILES string of the molecule is CCC(C)c1noc(CCCl)n1. The number of aromatic nitrogens is 2. The molecular weight excluding hydrogens is 176 g/mol. The van der Waals surface area contributed by atoms with E-state index in [0.717, 1.165) is 12.2 Å². The van der Waals surface area contributed by atoms with Crippen molar-refractivity contribution in [3.8, 4) is 0 Å². The molecule has 0 aliphatic heterocycles. The summed E-state index contributed by atoms with van der Waals surface area (Å²) in [4.78, 5) is 4.21. The quantitative estimate of drug-likeness (QED) is 0.681. The molecule has 0 N–H and O–H groups in total. The Labute approximate surface area is 77.1 Å². The minimum absolute atomic E-state index is 0.373. The van der Waals surface area contributed by atoms with E-state index < -0.39 is 0 Å². The second-order valence-corrected chi connectivity index (χ2v) is 3.17. The predicted octanol–water partition coefficient (Wildman–Crippen LogP) is 2.36. The van der Waals surface area contributed by atoms with E-state index in [-0.39, 0.29) is 0 Å². The molecule has 0 saturated carbocycles. The smallest absolute Gasteiger partial charge is 0.227 e. The summed E-state index contributed by atoms with van der Waals surface area (Å²) in [5, 5.41) is 3.86. The molecule has 3 nitrogen and oxygen atoms in total. The van der Waals surface area contributed by atoms with Gasteiger partial charge in [0.2, 0.25) is 5.89 Å². The fourth-order valence-corrected chi connectivity index (χ4v) is 0.995. The normalized spacial score (nSPS) is 13.2. The molecule has 12 heavy (non-hydrogen) atoms. The van der Waals surface area contributed by atoms with E-state index in [9.17, 15) is 0 Å². The molecule has 68 valence electrons. The third kappa shape index (κ3) is 2.21. The molecule has 1 aromatic heterocycles. The Hall–Kier alpha value is -0.570. The lowest BCUT2D eigenvalue weighted by molar-refractivity contribution is 0.374. The van der Waals surface area contributed by atoms with Crippen LogP contribution in [0.25, 0.3) is 0 Å². The summed E-state index contributed by atoms with van der Waals surface area (Å²) in [5.41, 5.74) is 0. The van der Waals surface area contributed by atoms with Gasteiger partial charge in [0.1, 0.15) is 0 Å². The Balaban J connectivity index is 2.63. The van der Waals surface area contributed by atoms with E-state index in [1.165, 1.54) is 0 Å². The molecule has 0 amide bonds. The van der Waals surface area contributed by atoms with Crippen LogP contribution in [0.4, 0.5) is 0 Å². The fraction of sp³-hybridized carbons (Fsp3) is 0.750. The van der Waals surface area contributed by atoms with Crippen molar-refractivity contribution in [3.63, 3.8) is 0 Å². The predicted molar refractivity (Wildman–Crippen MR) is 47.4 cm³/mol. The average Bonchev–Trinajstić information content (AvgIpc) is 2.52. The van der Waals surface area contributed by atoms with Crippen LogP contribution in [-0.2, 0) is 6.42 Å². The highest BCUT2D eigenvalue weighted by Crippen LogP contribution is 2.14. The molecule has 0 aromatic carbocycles. The Morgan fingerprint density at radius 3 is 2.92 bits per heavy atom. The van der Waals surface area contributed by atoms with Crippen LogP contribution in [0.3, 0.4) is 0 Å². The van der Waals surface area contributed by atoms with Crippen LogP contribution in [-0.4, -0.2) is 16.0 Å². The van der Waals surface area contributed by atoms with E-state index in [0.29, 0.717) is 24.1 Å². The number of halogens is 1. The molecule has 4 heteroatoms. The van der Waals surface area contributed by atoms with Crippen LogP contribution >= 0.6 is 11.6 Å².